The summed E-state index contributed by atoms with van der Waals surface area (Å²) in [4.78, 5) is 17.3. The second kappa shape index (κ2) is 8.92. The summed E-state index contributed by atoms with van der Waals surface area (Å²) in [5.41, 5.74) is 2.46. The maximum absolute atomic E-state index is 12.9. The Morgan fingerprint density at radius 3 is 2.37 bits per heavy atom. The summed E-state index contributed by atoms with van der Waals surface area (Å²) in [5, 5.41) is 9.98. The molecule has 1 amide bonds. The molecule has 6 nitrogen and oxygen atoms in total. The number of benzene rings is 1. The van der Waals surface area contributed by atoms with Crippen molar-refractivity contribution in [3.63, 3.8) is 0 Å². The first-order chi connectivity index (χ1) is 14.3. The number of carbonyl (C=O) groups is 1. The van der Waals surface area contributed by atoms with Gasteiger partial charge in [0.2, 0.25) is 5.91 Å². The molecule has 4 rings (SSSR count). The molecule has 0 spiro atoms. The molecule has 0 bridgehead atoms. The van der Waals surface area contributed by atoms with E-state index in [1.54, 1.807) is 4.90 Å². The third-order valence-corrected chi connectivity index (χ3v) is 8.21. The van der Waals surface area contributed by atoms with Crippen molar-refractivity contribution in [3.05, 3.63) is 29.8 Å². The first kappa shape index (κ1) is 22.3. The predicted octanol–water partition coefficient (Wildman–Crippen LogP) is 3.64. The Morgan fingerprint density at radius 1 is 1.20 bits per heavy atom. The van der Waals surface area contributed by atoms with Crippen LogP contribution in [0.25, 0.3) is 0 Å². The first-order valence-corrected chi connectivity index (χ1v) is 13.2. The molecule has 1 saturated heterocycles. The molecule has 166 valence electrons. The highest BCUT2D eigenvalue weighted by Crippen LogP contribution is 2.50. The maximum atomic E-state index is 12.9. The van der Waals surface area contributed by atoms with Crippen LogP contribution in [-0.2, 0) is 31.3 Å². The third-order valence-electron chi connectivity index (χ3n) is 7.17. The van der Waals surface area contributed by atoms with E-state index >= 15 is 0 Å². The lowest BCUT2D eigenvalue weighted by Crippen LogP contribution is -2.51. The fraction of sp³-hybridized carbons (Fsp3) is 0.682. The summed E-state index contributed by atoms with van der Waals surface area (Å²) in [7, 11) is -1.75. The molecular weight excluding hydrogens is 418 g/mol. The van der Waals surface area contributed by atoms with Crippen molar-refractivity contribution in [2.75, 3.05) is 18.0 Å². The van der Waals surface area contributed by atoms with E-state index < -0.39 is 16.0 Å². The van der Waals surface area contributed by atoms with Crippen LogP contribution in [0.2, 0.25) is 0 Å². The van der Waals surface area contributed by atoms with Gasteiger partial charge in [0.15, 0.2) is 0 Å². The average Bonchev–Trinajstić information content (AvgIpc) is 3.46. The molecule has 30 heavy (non-hydrogen) atoms. The highest BCUT2D eigenvalue weighted by molar-refractivity contribution is 8.24. The molecule has 0 aromatic heterocycles. The number of hydroxylamine groups is 1. The Kier molecular flexibility index (Phi) is 6.63. The van der Waals surface area contributed by atoms with Gasteiger partial charge in [-0.15, -0.1) is 0 Å². The number of rotatable bonds is 8. The van der Waals surface area contributed by atoms with Gasteiger partial charge in [0, 0.05) is 36.3 Å². The highest BCUT2D eigenvalue weighted by atomic mass is 32.8. The molecule has 2 saturated carbocycles. The molecule has 1 aromatic carbocycles. The van der Waals surface area contributed by atoms with Gasteiger partial charge in [0.1, 0.15) is 16.0 Å². The van der Waals surface area contributed by atoms with Gasteiger partial charge in [0.05, 0.1) is 0 Å². The van der Waals surface area contributed by atoms with E-state index in [-0.39, 0.29) is 11.3 Å². The minimum Gasteiger partial charge on any atom is -0.314 e. The summed E-state index contributed by atoms with van der Waals surface area (Å²) in [5.74, 6) is -0.204. The molecule has 1 aliphatic heterocycles. The van der Waals surface area contributed by atoms with Crippen LogP contribution in [0.4, 0.5) is 5.69 Å². The van der Waals surface area contributed by atoms with Crippen molar-refractivity contribution in [1.82, 2.24) is 9.37 Å². The van der Waals surface area contributed by atoms with Crippen LogP contribution in [0.1, 0.15) is 64.4 Å². The monoisotopic (exact) mass is 451 g/mol. The number of nitrogens with zero attached hydrogens (tertiary/aromatic N) is 3. The molecule has 2 atom stereocenters. The second-order valence-electron chi connectivity index (χ2n) is 9.36. The van der Waals surface area contributed by atoms with Crippen LogP contribution < -0.4 is 4.90 Å². The van der Waals surface area contributed by atoms with Gasteiger partial charge in [-0.1, -0.05) is 23.0 Å². The van der Waals surface area contributed by atoms with Crippen molar-refractivity contribution in [2.24, 2.45) is 0 Å². The molecular formula is C22H33N3O3S2. The van der Waals surface area contributed by atoms with Gasteiger partial charge < -0.3 is 14.7 Å². The molecule has 0 radical (unpaired) electrons. The number of hydrogen-bond donors (Lipinski definition) is 2. The Labute approximate surface area is 186 Å². The SMILES string of the molecule is CC(C)N(CC1(c2ccc(N3CCCC(N(O)S(O)=S)C3=O)cc2)CC1)C1CCC1. The topological polar surface area (TPSA) is 67.2 Å². The van der Waals surface area contributed by atoms with E-state index in [2.05, 4.69) is 30.9 Å². The maximum Gasteiger partial charge on any atom is 0.247 e. The van der Waals surface area contributed by atoms with E-state index in [9.17, 15) is 14.6 Å². The van der Waals surface area contributed by atoms with Gasteiger partial charge in [-0.2, -0.15) is 0 Å². The molecule has 1 aromatic rings. The van der Waals surface area contributed by atoms with E-state index in [1.807, 2.05) is 12.1 Å². The fourth-order valence-electron chi connectivity index (χ4n) is 4.91. The number of amides is 1. The van der Waals surface area contributed by atoms with Crippen LogP contribution in [0.15, 0.2) is 24.3 Å². The van der Waals surface area contributed by atoms with Crippen LogP contribution in [0.3, 0.4) is 0 Å². The van der Waals surface area contributed by atoms with E-state index in [1.165, 1.54) is 37.7 Å². The quantitative estimate of drug-likeness (QED) is 0.589. The summed E-state index contributed by atoms with van der Waals surface area (Å²) in [6, 6.07) is 8.96. The Balaban J connectivity index is 1.47. The molecule has 8 heteroatoms. The number of piperidine rings is 1. The Hall–Kier alpha value is -0.900. The molecule has 2 N–H and O–H groups in total. The summed E-state index contributed by atoms with van der Waals surface area (Å²) in [6.07, 6.45) is 7.72. The van der Waals surface area contributed by atoms with Gasteiger partial charge in [-0.3, -0.25) is 9.69 Å². The molecule has 2 unspecified atom stereocenters. The van der Waals surface area contributed by atoms with Crippen LogP contribution in [0, 0.1) is 0 Å². The number of carbonyl (C=O) groups excluding carboxylic acids is 1. The summed E-state index contributed by atoms with van der Waals surface area (Å²) < 4.78 is 10.1. The van der Waals surface area contributed by atoms with Gasteiger partial charge in [-0.25, -0.2) is 0 Å². The standard InChI is InChI=1S/C22H33N3O3S2/c1-16(2)24(18-5-3-6-18)15-22(12-13-22)17-8-10-19(11-9-17)23-14-4-7-20(21(23)26)25(27)30(28)29/h8-11,16,18,20,27H,3-7,12-15H2,1-2H3,(H,28,29). The van der Waals surface area contributed by atoms with Crippen molar-refractivity contribution in [3.8, 4) is 0 Å². The van der Waals surface area contributed by atoms with Gasteiger partial charge in [0.25, 0.3) is 0 Å². The largest absolute Gasteiger partial charge is 0.314 e. The van der Waals surface area contributed by atoms with Gasteiger partial charge >= 0.3 is 0 Å². The highest BCUT2D eigenvalue weighted by Gasteiger charge is 2.47. The van der Waals surface area contributed by atoms with E-state index in [4.69, 9.17) is 11.2 Å². The van der Waals surface area contributed by atoms with Crippen molar-refractivity contribution < 1.29 is 14.6 Å². The van der Waals surface area contributed by atoms with Crippen molar-refractivity contribution in [1.29, 1.82) is 0 Å². The molecule has 3 aliphatic rings. The lowest BCUT2D eigenvalue weighted by molar-refractivity contribution is -0.133. The third kappa shape index (κ3) is 4.36. The second-order valence-corrected chi connectivity index (χ2v) is 11.1. The summed E-state index contributed by atoms with van der Waals surface area (Å²) in [6.45, 7) is 6.35. The van der Waals surface area contributed by atoms with Crippen LogP contribution >= 0.6 is 0 Å². The zero-order valence-electron chi connectivity index (χ0n) is 17.9. The number of hydrogen-bond acceptors (Lipinski definition) is 4. The van der Waals surface area contributed by atoms with Crippen LogP contribution in [-0.4, -0.2) is 56.3 Å². The van der Waals surface area contributed by atoms with Crippen LogP contribution in [0.5, 0.6) is 0 Å². The fourth-order valence-corrected chi connectivity index (χ4v) is 5.64. The lowest BCUT2D eigenvalue weighted by atomic mass is 9.87. The van der Waals surface area contributed by atoms with E-state index in [0.29, 0.717) is 23.5 Å². The number of anilines is 1. The predicted molar refractivity (Wildman–Crippen MR) is 123 cm³/mol. The average molecular weight is 452 g/mol. The zero-order valence-corrected chi connectivity index (χ0v) is 19.5. The van der Waals surface area contributed by atoms with Crippen molar-refractivity contribution in [2.45, 2.75) is 82.3 Å². The van der Waals surface area contributed by atoms with Crippen molar-refractivity contribution >= 4 is 32.7 Å². The Morgan fingerprint density at radius 2 is 1.87 bits per heavy atom. The Bertz CT molecular complexity index is 793. The minimum atomic E-state index is -1.75. The first-order valence-electron chi connectivity index (χ1n) is 11.1. The normalized spacial score (nSPS) is 25.1. The van der Waals surface area contributed by atoms with E-state index in [0.717, 1.165) is 24.7 Å². The van der Waals surface area contributed by atoms with Gasteiger partial charge in [-0.05, 0) is 81.3 Å². The lowest BCUT2D eigenvalue weighted by Gasteiger charge is -2.42. The minimum absolute atomic E-state index is 0.204. The summed E-state index contributed by atoms with van der Waals surface area (Å²) >= 11 is 4.72. The molecule has 2 aliphatic carbocycles. The smallest absolute Gasteiger partial charge is 0.247 e. The zero-order chi connectivity index (χ0) is 21.5. The molecule has 3 fully saturated rings. The molecule has 1 heterocycles.